The van der Waals surface area contributed by atoms with Crippen LogP contribution in [0.2, 0.25) is 0 Å². The Kier molecular flexibility index (Phi) is 5.18. The third-order valence-electron chi connectivity index (χ3n) is 3.57. The van der Waals surface area contributed by atoms with Gasteiger partial charge in [0.2, 0.25) is 5.91 Å². The molecule has 0 bridgehead atoms. The molecular formula is C18H17N3O2S. The SMILES string of the molecule is C[C@H](C(=O)Nc1ncccc1OCc1cccnc1)c1ccsc1. The highest BCUT2D eigenvalue weighted by molar-refractivity contribution is 7.08. The fraction of sp³-hybridized carbons (Fsp3) is 0.167. The van der Waals surface area contributed by atoms with Crippen LogP contribution < -0.4 is 10.1 Å². The molecule has 0 spiro atoms. The summed E-state index contributed by atoms with van der Waals surface area (Å²) in [6, 6.07) is 9.30. The van der Waals surface area contributed by atoms with Gasteiger partial charge in [0.15, 0.2) is 11.6 Å². The number of nitrogens with one attached hydrogen (secondary N) is 1. The van der Waals surface area contributed by atoms with E-state index in [-0.39, 0.29) is 11.8 Å². The number of nitrogens with zero attached hydrogens (tertiary/aromatic N) is 2. The number of hydrogen-bond acceptors (Lipinski definition) is 5. The van der Waals surface area contributed by atoms with E-state index in [4.69, 9.17) is 4.74 Å². The van der Waals surface area contributed by atoms with E-state index >= 15 is 0 Å². The first kappa shape index (κ1) is 16.1. The minimum Gasteiger partial charge on any atom is -0.485 e. The number of thiophene rings is 1. The van der Waals surface area contributed by atoms with Gasteiger partial charge in [-0.1, -0.05) is 6.07 Å². The summed E-state index contributed by atoms with van der Waals surface area (Å²) in [4.78, 5) is 20.7. The molecule has 0 aliphatic heterocycles. The van der Waals surface area contributed by atoms with Crippen LogP contribution in [-0.4, -0.2) is 15.9 Å². The lowest BCUT2D eigenvalue weighted by Gasteiger charge is -2.14. The van der Waals surface area contributed by atoms with Crippen molar-refractivity contribution in [1.82, 2.24) is 9.97 Å². The van der Waals surface area contributed by atoms with E-state index in [0.717, 1.165) is 11.1 Å². The van der Waals surface area contributed by atoms with E-state index in [1.807, 2.05) is 35.9 Å². The molecule has 6 heteroatoms. The number of carbonyl (C=O) groups excluding carboxylic acids is 1. The van der Waals surface area contributed by atoms with Crippen molar-refractivity contribution in [3.05, 3.63) is 70.8 Å². The van der Waals surface area contributed by atoms with Gasteiger partial charge in [-0.2, -0.15) is 11.3 Å². The smallest absolute Gasteiger partial charge is 0.232 e. The van der Waals surface area contributed by atoms with Crippen molar-refractivity contribution in [1.29, 1.82) is 0 Å². The third-order valence-corrected chi connectivity index (χ3v) is 4.27. The van der Waals surface area contributed by atoms with Crippen LogP contribution in [0.4, 0.5) is 5.82 Å². The van der Waals surface area contributed by atoms with E-state index in [0.29, 0.717) is 18.2 Å². The van der Waals surface area contributed by atoms with Crippen LogP contribution in [0.3, 0.4) is 0 Å². The first-order chi connectivity index (χ1) is 11.7. The molecule has 24 heavy (non-hydrogen) atoms. The van der Waals surface area contributed by atoms with Crippen LogP contribution in [0, 0.1) is 0 Å². The average Bonchev–Trinajstić information content (AvgIpc) is 3.16. The maximum atomic E-state index is 12.4. The van der Waals surface area contributed by atoms with E-state index in [9.17, 15) is 4.79 Å². The highest BCUT2D eigenvalue weighted by Gasteiger charge is 2.18. The molecule has 5 nitrogen and oxygen atoms in total. The van der Waals surface area contributed by atoms with Crippen LogP contribution in [0.1, 0.15) is 24.0 Å². The minimum atomic E-state index is -0.246. The van der Waals surface area contributed by atoms with Gasteiger partial charge < -0.3 is 10.1 Å². The Hall–Kier alpha value is -2.73. The normalized spacial score (nSPS) is 11.7. The molecule has 0 aliphatic carbocycles. The van der Waals surface area contributed by atoms with Gasteiger partial charge in [-0.3, -0.25) is 9.78 Å². The zero-order valence-electron chi connectivity index (χ0n) is 13.2. The fourth-order valence-corrected chi connectivity index (χ4v) is 2.90. The number of aromatic nitrogens is 2. The molecule has 0 saturated carbocycles. The molecule has 0 aliphatic rings. The summed E-state index contributed by atoms with van der Waals surface area (Å²) >= 11 is 1.57. The number of anilines is 1. The molecule has 0 radical (unpaired) electrons. The third kappa shape index (κ3) is 3.97. The number of ether oxygens (including phenoxy) is 1. The molecular weight excluding hydrogens is 322 g/mol. The Morgan fingerprint density at radius 1 is 1.29 bits per heavy atom. The Bertz CT molecular complexity index is 791. The van der Waals surface area contributed by atoms with Gasteiger partial charge in [-0.15, -0.1) is 0 Å². The Balaban J connectivity index is 1.68. The van der Waals surface area contributed by atoms with Crippen molar-refractivity contribution >= 4 is 23.1 Å². The van der Waals surface area contributed by atoms with Crippen LogP contribution >= 0.6 is 11.3 Å². The molecule has 0 fully saturated rings. The molecule has 1 atom stereocenters. The van der Waals surface area contributed by atoms with Crippen molar-refractivity contribution in [3.8, 4) is 5.75 Å². The fourth-order valence-electron chi connectivity index (χ4n) is 2.14. The van der Waals surface area contributed by atoms with Crippen LogP contribution in [0.25, 0.3) is 0 Å². The lowest BCUT2D eigenvalue weighted by molar-refractivity contribution is -0.117. The summed E-state index contributed by atoms with van der Waals surface area (Å²) in [6.45, 7) is 2.24. The van der Waals surface area contributed by atoms with Crippen LogP contribution in [0.15, 0.2) is 59.7 Å². The van der Waals surface area contributed by atoms with Crippen LogP contribution in [-0.2, 0) is 11.4 Å². The standard InChI is InChI=1S/C18H17N3O2S/c1-13(15-6-9-24-12-15)18(22)21-17-16(5-3-8-20-17)23-11-14-4-2-7-19-10-14/h2-10,12-13H,11H2,1H3,(H,20,21,22)/t13-/m0/s1. The average molecular weight is 339 g/mol. The van der Waals surface area contributed by atoms with E-state index in [2.05, 4.69) is 15.3 Å². The maximum Gasteiger partial charge on any atom is 0.232 e. The van der Waals surface area contributed by atoms with E-state index in [1.165, 1.54) is 0 Å². The second kappa shape index (κ2) is 7.70. The molecule has 122 valence electrons. The summed E-state index contributed by atoms with van der Waals surface area (Å²) in [6.07, 6.45) is 5.08. The van der Waals surface area contributed by atoms with E-state index in [1.54, 1.807) is 42.1 Å². The van der Waals surface area contributed by atoms with Gasteiger partial charge in [0.05, 0.1) is 5.92 Å². The summed E-state index contributed by atoms with van der Waals surface area (Å²) in [5.74, 6) is 0.600. The number of rotatable bonds is 6. The van der Waals surface area contributed by atoms with Gasteiger partial charge in [0, 0.05) is 24.2 Å². The summed E-state index contributed by atoms with van der Waals surface area (Å²) in [7, 11) is 0. The Labute approximate surface area is 144 Å². The van der Waals surface area contributed by atoms with Gasteiger partial charge in [0.1, 0.15) is 6.61 Å². The largest absolute Gasteiger partial charge is 0.485 e. The van der Waals surface area contributed by atoms with Crippen LogP contribution in [0.5, 0.6) is 5.75 Å². The zero-order valence-corrected chi connectivity index (χ0v) is 14.0. The second-order valence-corrected chi connectivity index (χ2v) is 6.05. The predicted molar refractivity (Wildman–Crippen MR) is 94.2 cm³/mol. The number of amides is 1. The molecule has 0 aromatic carbocycles. The zero-order chi connectivity index (χ0) is 16.8. The molecule has 0 unspecified atom stereocenters. The molecule has 3 heterocycles. The first-order valence-corrected chi connectivity index (χ1v) is 8.48. The minimum absolute atomic E-state index is 0.113. The van der Waals surface area contributed by atoms with Gasteiger partial charge in [-0.25, -0.2) is 4.98 Å². The topological polar surface area (TPSA) is 64.1 Å². The van der Waals surface area contributed by atoms with Gasteiger partial charge in [0.25, 0.3) is 0 Å². The molecule has 3 rings (SSSR count). The summed E-state index contributed by atoms with van der Waals surface area (Å²) in [5, 5.41) is 6.78. The highest BCUT2D eigenvalue weighted by Crippen LogP contribution is 2.25. The van der Waals surface area contributed by atoms with Crippen molar-refractivity contribution in [3.63, 3.8) is 0 Å². The molecule has 1 amide bonds. The number of pyridine rings is 2. The van der Waals surface area contributed by atoms with Gasteiger partial charge in [-0.05, 0) is 47.5 Å². The summed E-state index contributed by atoms with van der Waals surface area (Å²) in [5.41, 5.74) is 1.94. The van der Waals surface area contributed by atoms with Crippen molar-refractivity contribution in [2.75, 3.05) is 5.32 Å². The lowest BCUT2D eigenvalue weighted by Crippen LogP contribution is -2.19. The Morgan fingerprint density at radius 3 is 2.92 bits per heavy atom. The second-order valence-electron chi connectivity index (χ2n) is 5.27. The highest BCUT2D eigenvalue weighted by atomic mass is 32.1. The quantitative estimate of drug-likeness (QED) is 0.741. The predicted octanol–water partition coefficient (Wildman–Crippen LogP) is 3.86. The van der Waals surface area contributed by atoms with E-state index < -0.39 is 0 Å². The number of hydrogen-bond donors (Lipinski definition) is 1. The molecule has 0 saturated heterocycles. The number of carbonyl (C=O) groups is 1. The van der Waals surface area contributed by atoms with Gasteiger partial charge >= 0.3 is 0 Å². The molecule has 3 aromatic rings. The van der Waals surface area contributed by atoms with Crippen molar-refractivity contribution < 1.29 is 9.53 Å². The monoisotopic (exact) mass is 339 g/mol. The Morgan fingerprint density at radius 2 is 2.17 bits per heavy atom. The summed E-state index contributed by atoms with van der Waals surface area (Å²) < 4.78 is 5.78. The molecule has 3 aromatic heterocycles. The molecule has 1 N–H and O–H groups in total. The maximum absolute atomic E-state index is 12.4. The first-order valence-electron chi connectivity index (χ1n) is 7.53. The lowest BCUT2D eigenvalue weighted by atomic mass is 10.0. The van der Waals surface area contributed by atoms with Crippen molar-refractivity contribution in [2.45, 2.75) is 19.4 Å². The van der Waals surface area contributed by atoms with Crippen molar-refractivity contribution in [2.24, 2.45) is 0 Å².